The molecule has 140 valence electrons. The SMILES string of the molecule is Cc1ccc(NC(=O)c2cc(=O)n(C)c3c2c(=O)n(C)c(=O)n3C)cc1F. The Labute approximate surface area is 152 Å². The summed E-state index contributed by atoms with van der Waals surface area (Å²) in [6.07, 6.45) is 0. The molecule has 8 nitrogen and oxygen atoms in total. The van der Waals surface area contributed by atoms with Crippen molar-refractivity contribution < 1.29 is 9.18 Å². The van der Waals surface area contributed by atoms with Crippen molar-refractivity contribution >= 4 is 22.6 Å². The Bertz CT molecular complexity index is 1280. The van der Waals surface area contributed by atoms with Crippen LogP contribution in [-0.4, -0.2) is 19.6 Å². The van der Waals surface area contributed by atoms with Crippen LogP contribution in [-0.2, 0) is 21.1 Å². The third-order valence-electron chi connectivity index (χ3n) is 4.49. The molecule has 1 amide bonds. The van der Waals surface area contributed by atoms with E-state index in [0.29, 0.717) is 5.56 Å². The van der Waals surface area contributed by atoms with Crippen LogP contribution < -0.4 is 22.1 Å². The molecule has 0 aliphatic rings. The van der Waals surface area contributed by atoms with E-state index < -0.39 is 28.5 Å². The van der Waals surface area contributed by atoms with E-state index in [0.717, 1.165) is 25.8 Å². The smallest absolute Gasteiger partial charge is 0.322 e. The first-order valence-corrected chi connectivity index (χ1v) is 8.00. The van der Waals surface area contributed by atoms with Crippen molar-refractivity contribution in [1.29, 1.82) is 0 Å². The third kappa shape index (κ3) is 2.86. The second-order valence-corrected chi connectivity index (χ2v) is 6.28. The summed E-state index contributed by atoms with van der Waals surface area (Å²) in [6, 6.07) is 5.17. The van der Waals surface area contributed by atoms with E-state index in [-0.39, 0.29) is 22.3 Å². The number of fused-ring (bicyclic) bond motifs is 1. The second kappa shape index (κ2) is 6.35. The van der Waals surface area contributed by atoms with Gasteiger partial charge in [0.25, 0.3) is 17.0 Å². The number of hydrogen-bond donors (Lipinski definition) is 1. The maximum Gasteiger partial charge on any atom is 0.332 e. The molecule has 0 unspecified atom stereocenters. The van der Waals surface area contributed by atoms with Crippen molar-refractivity contribution in [3.05, 3.63) is 72.4 Å². The van der Waals surface area contributed by atoms with Crippen molar-refractivity contribution in [3.8, 4) is 0 Å². The van der Waals surface area contributed by atoms with Gasteiger partial charge >= 0.3 is 5.69 Å². The zero-order valence-corrected chi connectivity index (χ0v) is 15.2. The Hall–Kier alpha value is -3.49. The minimum Gasteiger partial charge on any atom is -0.322 e. The number of hydrogen-bond acceptors (Lipinski definition) is 4. The van der Waals surface area contributed by atoms with Crippen LogP contribution >= 0.6 is 0 Å². The predicted octanol–water partition coefficient (Wildman–Crippen LogP) is 0.636. The Morgan fingerprint density at radius 2 is 1.67 bits per heavy atom. The molecule has 1 aromatic carbocycles. The molecule has 3 aromatic rings. The summed E-state index contributed by atoms with van der Waals surface area (Å²) >= 11 is 0. The standard InChI is InChI=1S/C18H17FN4O4/c1-9-5-6-10(7-12(9)19)20-15(25)11-8-13(24)21(2)16-14(11)17(26)23(4)18(27)22(16)3/h5-8H,1-4H3,(H,20,25). The van der Waals surface area contributed by atoms with Gasteiger partial charge in [-0.25, -0.2) is 9.18 Å². The Balaban J connectivity index is 2.28. The summed E-state index contributed by atoms with van der Waals surface area (Å²) in [6.45, 7) is 1.58. The molecule has 0 saturated carbocycles. The van der Waals surface area contributed by atoms with Crippen LogP contribution in [0.3, 0.4) is 0 Å². The van der Waals surface area contributed by atoms with E-state index >= 15 is 0 Å². The zero-order valence-electron chi connectivity index (χ0n) is 15.2. The zero-order chi connectivity index (χ0) is 20.0. The Kier molecular flexibility index (Phi) is 4.30. The number of nitrogens with zero attached hydrogens (tertiary/aromatic N) is 3. The molecule has 0 bridgehead atoms. The van der Waals surface area contributed by atoms with Crippen molar-refractivity contribution in [2.45, 2.75) is 6.92 Å². The van der Waals surface area contributed by atoms with Crippen LogP contribution in [0.4, 0.5) is 10.1 Å². The lowest BCUT2D eigenvalue weighted by atomic mass is 10.1. The van der Waals surface area contributed by atoms with Crippen LogP contribution in [0, 0.1) is 12.7 Å². The lowest BCUT2D eigenvalue weighted by Gasteiger charge is -2.14. The summed E-state index contributed by atoms with van der Waals surface area (Å²) < 4.78 is 16.8. The maximum absolute atomic E-state index is 13.7. The van der Waals surface area contributed by atoms with Crippen molar-refractivity contribution in [2.24, 2.45) is 21.1 Å². The van der Waals surface area contributed by atoms with Crippen molar-refractivity contribution in [2.75, 3.05) is 5.32 Å². The highest BCUT2D eigenvalue weighted by atomic mass is 19.1. The molecule has 9 heteroatoms. The average Bonchev–Trinajstić information content (AvgIpc) is 2.62. The fraction of sp³-hybridized carbons (Fsp3) is 0.222. The van der Waals surface area contributed by atoms with Crippen molar-refractivity contribution in [3.63, 3.8) is 0 Å². The number of amides is 1. The molecule has 0 atom stereocenters. The van der Waals surface area contributed by atoms with Gasteiger partial charge in [0.1, 0.15) is 11.5 Å². The minimum atomic E-state index is -0.753. The molecule has 1 N–H and O–H groups in total. The fourth-order valence-corrected chi connectivity index (χ4v) is 2.91. The Morgan fingerprint density at radius 3 is 2.30 bits per heavy atom. The first-order valence-electron chi connectivity index (χ1n) is 8.00. The topological polar surface area (TPSA) is 95.1 Å². The highest BCUT2D eigenvalue weighted by molar-refractivity contribution is 6.11. The van der Waals surface area contributed by atoms with E-state index in [1.165, 1.54) is 33.3 Å². The summed E-state index contributed by atoms with van der Waals surface area (Å²) in [7, 11) is 4.09. The van der Waals surface area contributed by atoms with Gasteiger partial charge in [-0.15, -0.1) is 0 Å². The number of carbonyl (C=O) groups excluding carboxylic acids is 1. The number of nitrogens with one attached hydrogen (secondary N) is 1. The van der Waals surface area contributed by atoms with Crippen molar-refractivity contribution in [1.82, 2.24) is 13.7 Å². The van der Waals surface area contributed by atoms with Gasteiger partial charge in [-0.1, -0.05) is 6.07 Å². The Morgan fingerprint density at radius 1 is 1.00 bits per heavy atom. The molecule has 27 heavy (non-hydrogen) atoms. The molecule has 0 saturated heterocycles. The van der Waals surface area contributed by atoms with Gasteiger partial charge < -0.3 is 5.32 Å². The molecule has 2 heterocycles. The highest BCUT2D eigenvalue weighted by Crippen LogP contribution is 2.17. The molecule has 3 rings (SSSR count). The highest BCUT2D eigenvalue weighted by Gasteiger charge is 2.21. The van der Waals surface area contributed by atoms with E-state index in [2.05, 4.69) is 5.32 Å². The number of halogens is 1. The van der Waals surface area contributed by atoms with Gasteiger partial charge in [0.15, 0.2) is 0 Å². The number of pyridine rings is 1. The monoisotopic (exact) mass is 372 g/mol. The van der Waals surface area contributed by atoms with E-state index in [4.69, 9.17) is 0 Å². The summed E-state index contributed by atoms with van der Waals surface area (Å²) in [5.74, 6) is -1.25. The minimum absolute atomic E-state index is 0.0239. The van der Waals surface area contributed by atoms with Gasteiger partial charge in [-0.3, -0.25) is 28.1 Å². The van der Waals surface area contributed by atoms with E-state index in [1.54, 1.807) is 6.92 Å². The van der Waals surface area contributed by atoms with Gasteiger partial charge in [0.2, 0.25) is 0 Å². The van der Waals surface area contributed by atoms with Gasteiger partial charge in [-0.2, -0.15) is 0 Å². The largest absolute Gasteiger partial charge is 0.332 e. The quantitative estimate of drug-likeness (QED) is 0.714. The molecular formula is C18H17FN4O4. The molecule has 0 aliphatic heterocycles. The number of carbonyl (C=O) groups is 1. The number of anilines is 1. The lowest BCUT2D eigenvalue weighted by Crippen LogP contribution is -2.40. The summed E-state index contributed by atoms with van der Waals surface area (Å²) in [4.78, 5) is 49.8. The molecule has 2 aromatic heterocycles. The van der Waals surface area contributed by atoms with E-state index in [9.17, 15) is 23.6 Å². The molecule has 0 radical (unpaired) electrons. The number of rotatable bonds is 2. The maximum atomic E-state index is 13.7. The lowest BCUT2D eigenvalue weighted by molar-refractivity contribution is 0.102. The van der Waals surface area contributed by atoms with Crippen LogP contribution in [0.15, 0.2) is 38.6 Å². The number of aromatic nitrogens is 3. The van der Waals surface area contributed by atoms with Crippen LogP contribution in [0.25, 0.3) is 11.0 Å². The average molecular weight is 372 g/mol. The number of aryl methyl sites for hydroxylation is 3. The second-order valence-electron chi connectivity index (χ2n) is 6.28. The predicted molar refractivity (Wildman–Crippen MR) is 98.8 cm³/mol. The van der Waals surface area contributed by atoms with Crippen LogP contribution in [0.1, 0.15) is 15.9 Å². The fourth-order valence-electron chi connectivity index (χ4n) is 2.91. The van der Waals surface area contributed by atoms with Crippen LogP contribution in [0.2, 0.25) is 0 Å². The molecular weight excluding hydrogens is 355 g/mol. The first kappa shape index (κ1) is 18.3. The first-order chi connectivity index (χ1) is 12.6. The molecule has 0 fully saturated rings. The molecule has 0 spiro atoms. The van der Waals surface area contributed by atoms with Gasteiger partial charge in [-0.05, 0) is 24.6 Å². The van der Waals surface area contributed by atoms with Gasteiger partial charge in [0, 0.05) is 32.9 Å². The normalized spacial score (nSPS) is 11.0. The summed E-state index contributed by atoms with van der Waals surface area (Å²) in [5.41, 5.74) is -1.47. The van der Waals surface area contributed by atoms with Gasteiger partial charge in [0.05, 0.1) is 10.9 Å². The number of benzene rings is 1. The van der Waals surface area contributed by atoms with E-state index in [1.807, 2.05) is 0 Å². The van der Waals surface area contributed by atoms with Crippen LogP contribution in [0.5, 0.6) is 0 Å². The third-order valence-corrected chi connectivity index (χ3v) is 4.49. The summed E-state index contributed by atoms with van der Waals surface area (Å²) in [5, 5.41) is 2.41. The molecule has 0 aliphatic carbocycles.